The second kappa shape index (κ2) is 7.88. The molecule has 2 heterocycles. The summed E-state index contributed by atoms with van der Waals surface area (Å²) in [5, 5.41) is 18.1. The van der Waals surface area contributed by atoms with Crippen molar-refractivity contribution in [3.05, 3.63) is 58.3 Å². The number of hydrogen-bond acceptors (Lipinski definition) is 6. The first kappa shape index (κ1) is 19.5. The van der Waals surface area contributed by atoms with E-state index >= 15 is 0 Å². The Kier molecular flexibility index (Phi) is 5.29. The summed E-state index contributed by atoms with van der Waals surface area (Å²) >= 11 is 4.39. The molecule has 0 radical (unpaired) electrons. The van der Waals surface area contributed by atoms with E-state index < -0.39 is 17.0 Å². The number of aromatic nitrogens is 1. The van der Waals surface area contributed by atoms with Gasteiger partial charge >= 0.3 is 0 Å². The normalized spacial score (nSPS) is 16.7. The molecule has 1 atom stereocenters. The van der Waals surface area contributed by atoms with Gasteiger partial charge in [-0.3, -0.25) is 9.59 Å². The zero-order valence-electron chi connectivity index (χ0n) is 14.6. The SMILES string of the molecule is O=C(CC1SC(N=Nc2c(O)[nH]c3ccc(Br)cc23)=NC1=O)c1ccc(F)cc1. The molecule has 0 spiro atoms. The Hall–Kier alpha value is -2.85. The van der Waals surface area contributed by atoms with Crippen LogP contribution in [0.3, 0.4) is 0 Å². The fourth-order valence-electron chi connectivity index (χ4n) is 2.80. The molecule has 0 fully saturated rings. The summed E-state index contributed by atoms with van der Waals surface area (Å²) in [5.41, 5.74) is 1.23. The number of benzene rings is 2. The van der Waals surface area contributed by atoms with Crippen molar-refractivity contribution in [2.75, 3.05) is 0 Å². The van der Waals surface area contributed by atoms with Gasteiger partial charge in [0.05, 0.1) is 5.52 Å². The van der Waals surface area contributed by atoms with E-state index in [4.69, 9.17) is 0 Å². The minimum atomic E-state index is -0.716. The Morgan fingerprint density at radius 3 is 2.76 bits per heavy atom. The van der Waals surface area contributed by atoms with Crippen LogP contribution in [-0.4, -0.2) is 32.2 Å². The van der Waals surface area contributed by atoms with E-state index in [1.807, 2.05) is 6.07 Å². The minimum absolute atomic E-state index is 0.0804. The molecule has 146 valence electrons. The molecule has 0 saturated carbocycles. The van der Waals surface area contributed by atoms with Crippen LogP contribution in [0.15, 0.2) is 62.2 Å². The zero-order valence-corrected chi connectivity index (χ0v) is 17.0. The predicted molar refractivity (Wildman–Crippen MR) is 111 cm³/mol. The number of amides is 1. The number of aromatic amines is 1. The van der Waals surface area contributed by atoms with Gasteiger partial charge in [-0.25, -0.2) is 4.39 Å². The number of azo groups is 1. The average molecular weight is 475 g/mol. The first-order chi connectivity index (χ1) is 13.9. The third kappa shape index (κ3) is 4.13. The van der Waals surface area contributed by atoms with Gasteiger partial charge < -0.3 is 10.1 Å². The highest BCUT2D eigenvalue weighted by molar-refractivity contribution is 9.10. The van der Waals surface area contributed by atoms with E-state index in [0.29, 0.717) is 16.5 Å². The standard InChI is InChI=1S/C19H12BrFN4O3S/c20-10-3-6-13-12(7-10)16(18(28)22-13)24-25-19-23-17(27)15(29-19)8-14(26)9-1-4-11(21)5-2-9/h1-7,15,22,28H,8H2. The van der Waals surface area contributed by atoms with E-state index in [2.05, 4.69) is 36.1 Å². The number of nitrogens with one attached hydrogen (secondary N) is 1. The number of thioether (sulfide) groups is 1. The van der Waals surface area contributed by atoms with Crippen LogP contribution in [0, 0.1) is 5.82 Å². The molecule has 3 aromatic rings. The van der Waals surface area contributed by atoms with Crippen LogP contribution in [0.5, 0.6) is 5.88 Å². The molecule has 1 amide bonds. The van der Waals surface area contributed by atoms with Crippen molar-refractivity contribution in [1.82, 2.24) is 4.98 Å². The number of carbonyl (C=O) groups excluding carboxylic acids is 2. The fourth-order valence-corrected chi connectivity index (χ4v) is 4.03. The maximum atomic E-state index is 13.0. The summed E-state index contributed by atoms with van der Waals surface area (Å²) in [7, 11) is 0. The van der Waals surface area contributed by atoms with E-state index in [-0.39, 0.29) is 28.9 Å². The Bertz CT molecular complexity index is 1190. The van der Waals surface area contributed by atoms with E-state index in [1.165, 1.54) is 24.3 Å². The number of ketones is 1. The summed E-state index contributed by atoms with van der Waals surface area (Å²) < 4.78 is 13.8. The molecule has 10 heteroatoms. The number of Topliss-reactive ketones (excluding diaryl/α,β-unsaturated/α-hetero) is 1. The number of fused-ring (bicyclic) bond motifs is 1. The molecule has 2 N–H and O–H groups in total. The molecular weight excluding hydrogens is 463 g/mol. The Balaban J connectivity index is 1.47. The smallest absolute Gasteiger partial charge is 0.262 e. The summed E-state index contributed by atoms with van der Waals surface area (Å²) in [4.78, 5) is 31.0. The number of aromatic hydroxyl groups is 1. The monoisotopic (exact) mass is 474 g/mol. The van der Waals surface area contributed by atoms with E-state index in [0.717, 1.165) is 16.2 Å². The summed E-state index contributed by atoms with van der Waals surface area (Å²) in [6, 6.07) is 10.5. The van der Waals surface area contributed by atoms with Crippen LogP contribution >= 0.6 is 27.7 Å². The molecule has 2 aromatic carbocycles. The highest BCUT2D eigenvalue weighted by Gasteiger charge is 2.31. The number of nitrogens with zero attached hydrogens (tertiary/aromatic N) is 3. The molecule has 4 rings (SSSR count). The molecule has 7 nitrogen and oxygen atoms in total. The lowest BCUT2D eigenvalue weighted by molar-refractivity contribution is -0.117. The Morgan fingerprint density at radius 1 is 1.24 bits per heavy atom. The van der Waals surface area contributed by atoms with Gasteiger partial charge in [0.25, 0.3) is 5.91 Å². The minimum Gasteiger partial charge on any atom is -0.493 e. The molecule has 1 aliphatic heterocycles. The third-order valence-electron chi connectivity index (χ3n) is 4.22. The van der Waals surface area contributed by atoms with Gasteiger partial charge in [-0.05, 0) is 42.5 Å². The quantitative estimate of drug-likeness (QED) is 0.403. The number of rotatable bonds is 4. The number of aliphatic imine (C=N–C) groups is 1. The Morgan fingerprint density at radius 2 is 2.00 bits per heavy atom. The zero-order chi connectivity index (χ0) is 20.5. The lowest BCUT2D eigenvalue weighted by Gasteiger charge is -2.05. The second-order valence-electron chi connectivity index (χ2n) is 6.19. The number of hydrogen-bond donors (Lipinski definition) is 2. The van der Waals surface area contributed by atoms with Gasteiger partial charge in [-0.1, -0.05) is 27.7 Å². The maximum Gasteiger partial charge on any atom is 0.262 e. The molecule has 29 heavy (non-hydrogen) atoms. The van der Waals surface area contributed by atoms with E-state index in [1.54, 1.807) is 12.1 Å². The average Bonchev–Trinajstić information content (AvgIpc) is 3.19. The summed E-state index contributed by atoms with van der Waals surface area (Å²) in [6.45, 7) is 0. The van der Waals surface area contributed by atoms with Gasteiger partial charge in [0.1, 0.15) is 11.1 Å². The van der Waals surface area contributed by atoms with Gasteiger partial charge in [0, 0.05) is 21.8 Å². The van der Waals surface area contributed by atoms with Crippen molar-refractivity contribution in [2.45, 2.75) is 11.7 Å². The van der Waals surface area contributed by atoms with Gasteiger partial charge in [0.2, 0.25) is 11.0 Å². The van der Waals surface area contributed by atoms with Crippen molar-refractivity contribution in [3.8, 4) is 5.88 Å². The van der Waals surface area contributed by atoms with Gasteiger partial charge in [0.15, 0.2) is 11.5 Å². The lowest BCUT2D eigenvalue weighted by Crippen LogP contribution is -2.16. The van der Waals surface area contributed by atoms with Crippen LogP contribution in [0.1, 0.15) is 16.8 Å². The molecule has 1 aromatic heterocycles. The molecular formula is C19H12BrFN4O3S. The number of amidine groups is 1. The molecule has 1 unspecified atom stereocenters. The van der Waals surface area contributed by atoms with Crippen LogP contribution in [0.2, 0.25) is 0 Å². The molecule has 0 saturated heterocycles. The third-order valence-corrected chi connectivity index (χ3v) is 5.75. The summed E-state index contributed by atoms with van der Waals surface area (Å²) in [5.74, 6) is -1.36. The first-order valence-electron chi connectivity index (χ1n) is 8.40. The predicted octanol–water partition coefficient (Wildman–Crippen LogP) is 5.13. The van der Waals surface area contributed by atoms with Crippen LogP contribution in [0.25, 0.3) is 10.9 Å². The van der Waals surface area contributed by atoms with Crippen molar-refractivity contribution in [1.29, 1.82) is 0 Å². The van der Waals surface area contributed by atoms with Crippen molar-refractivity contribution in [2.24, 2.45) is 15.2 Å². The topological polar surface area (TPSA) is 107 Å². The largest absolute Gasteiger partial charge is 0.493 e. The van der Waals surface area contributed by atoms with E-state index in [9.17, 15) is 19.1 Å². The second-order valence-corrected chi connectivity index (χ2v) is 8.27. The van der Waals surface area contributed by atoms with Crippen molar-refractivity contribution in [3.63, 3.8) is 0 Å². The fraction of sp³-hybridized carbons (Fsp3) is 0.105. The number of carbonyl (C=O) groups is 2. The lowest BCUT2D eigenvalue weighted by atomic mass is 10.1. The van der Waals surface area contributed by atoms with Crippen molar-refractivity contribution < 1.29 is 19.1 Å². The van der Waals surface area contributed by atoms with Gasteiger partial charge in [-0.15, -0.1) is 10.2 Å². The van der Waals surface area contributed by atoms with Crippen LogP contribution in [0.4, 0.5) is 10.1 Å². The Labute approximate surface area is 176 Å². The summed E-state index contributed by atoms with van der Waals surface area (Å²) in [6.07, 6.45) is -0.0804. The highest BCUT2D eigenvalue weighted by Crippen LogP contribution is 2.37. The van der Waals surface area contributed by atoms with Gasteiger partial charge in [-0.2, -0.15) is 4.99 Å². The van der Waals surface area contributed by atoms with Crippen LogP contribution in [-0.2, 0) is 4.79 Å². The first-order valence-corrected chi connectivity index (χ1v) is 10.1. The number of H-pyrrole nitrogens is 1. The maximum absolute atomic E-state index is 13.0. The molecule has 1 aliphatic rings. The molecule has 0 aliphatic carbocycles. The van der Waals surface area contributed by atoms with Crippen molar-refractivity contribution >= 4 is 61.1 Å². The molecule has 0 bridgehead atoms. The number of halogens is 2. The van der Waals surface area contributed by atoms with Crippen LogP contribution < -0.4 is 0 Å². The highest BCUT2D eigenvalue weighted by atomic mass is 79.9.